The molecule has 3 N–H and O–H groups in total. The molecule has 2 aliphatic heterocycles. The first kappa shape index (κ1) is 20.1. The first-order valence-electron chi connectivity index (χ1n) is 9.14. The van der Waals surface area contributed by atoms with Gasteiger partial charge in [0, 0.05) is 44.7 Å². The molecule has 0 radical (unpaired) electrons. The third-order valence-corrected chi connectivity index (χ3v) is 5.58. The van der Waals surface area contributed by atoms with Gasteiger partial charge >= 0.3 is 0 Å². The van der Waals surface area contributed by atoms with Crippen LogP contribution < -0.4 is 15.2 Å². The summed E-state index contributed by atoms with van der Waals surface area (Å²) in [7, 11) is -3.39. The van der Waals surface area contributed by atoms with Crippen LogP contribution in [0.25, 0.3) is 0 Å². The van der Waals surface area contributed by atoms with Gasteiger partial charge in [0.15, 0.2) is 5.78 Å². The summed E-state index contributed by atoms with van der Waals surface area (Å²) < 4.78 is 36.8. The Balaban J connectivity index is 1.63. The number of nitrogens with zero attached hydrogens (tertiary/aromatic N) is 1. The fourth-order valence-electron chi connectivity index (χ4n) is 3.61. The highest BCUT2D eigenvalue weighted by Gasteiger charge is 2.42. The average Bonchev–Trinajstić information content (AvgIpc) is 2.60. The number of hydrogen-bond acceptors (Lipinski definition) is 7. The fourth-order valence-corrected chi connectivity index (χ4v) is 4.17. The Kier molecular flexibility index (Phi) is 6.05. The number of carbonyl (C=O) groups is 1. The number of carbonyl (C=O) groups excluding carboxylic acids is 1. The fraction of sp³-hybridized carbons (Fsp3) is 0.611. The van der Waals surface area contributed by atoms with E-state index in [2.05, 4.69) is 9.62 Å². The Morgan fingerprint density at radius 1 is 1.30 bits per heavy atom. The number of likely N-dealkylation sites (tertiary alicyclic amines) is 1. The van der Waals surface area contributed by atoms with Gasteiger partial charge in [-0.3, -0.25) is 9.52 Å². The molecular formula is C18H27N3O5S. The van der Waals surface area contributed by atoms with Crippen molar-refractivity contribution < 1.29 is 22.7 Å². The Labute approximate surface area is 160 Å². The first-order valence-corrected chi connectivity index (χ1v) is 11.0. The molecule has 2 aliphatic rings. The lowest BCUT2D eigenvalue weighted by Gasteiger charge is -2.44. The molecule has 3 rings (SSSR count). The van der Waals surface area contributed by atoms with E-state index in [0.717, 1.165) is 38.7 Å². The van der Waals surface area contributed by atoms with Crippen molar-refractivity contribution in [2.24, 2.45) is 5.73 Å². The van der Waals surface area contributed by atoms with Gasteiger partial charge in [-0.15, -0.1) is 0 Å². The van der Waals surface area contributed by atoms with Crippen LogP contribution in [0.2, 0.25) is 0 Å². The van der Waals surface area contributed by atoms with Gasteiger partial charge in [-0.25, -0.2) is 8.42 Å². The van der Waals surface area contributed by atoms with Gasteiger partial charge in [0.25, 0.3) is 0 Å². The Hall–Kier alpha value is -1.68. The van der Waals surface area contributed by atoms with E-state index in [9.17, 15) is 13.2 Å². The molecule has 8 nitrogen and oxygen atoms in total. The second-order valence-electron chi connectivity index (χ2n) is 7.21. The molecule has 1 aromatic carbocycles. The highest BCUT2D eigenvalue weighted by Crippen LogP contribution is 2.40. The van der Waals surface area contributed by atoms with Crippen molar-refractivity contribution >= 4 is 21.5 Å². The summed E-state index contributed by atoms with van der Waals surface area (Å²) in [5.41, 5.74) is 5.75. The van der Waals surface area contributed by atoms with Gasteiger partial charge in [-0.2, -0.15) is 0 Å². The second-order valence-corrected chi connectivity index (χ2v) is 8.96. The minimum absolute atomic E-state index is 0.00636. The number of sulfonamides is 1. The Morgan fingerprint density at radius 2 is 2.04 bits per heavy atom. The molecule has 0 atom stereocenters. The summed E-state index contributed by atoms with van der Waals surface area (Å²) in [4.78, 5) is 15.0. The van der Waals surface area contributed by atoms with Gasteiger partial charge in [-0.1, -0.05) is 0 Å². The van der Waals surface area contributed by atoms with Crippen LogP contribution >= 0.6 is 0 Å². The van der Waals surface area contributed by atoms with Crippen molar-refractivity contribution in [1.29, 1.82) is 0 Å². The Bertz CT molecular complexity index is 788. The van der Waals surface area contributed by atoms with Gasteiger partial charge < -0.3 is 20.1 Å². The van der Waals surface area contributed by atoms with Gasteiger partial charge in [0.2, 0.25) is 10.0 Å². The number of fused-ring (bicyclic) bond motifs is 1. The smallest absolute Gasteiger partial charge is 0.229 e. The number of nitrogens with two attached hydrogens (primary N) is 1. The summed E-state index contributed by atoms with van der Waals surface area (Å²) in [6, 6.07) is 4.85. The topological polar surface area (TPSA) is 111 Å². The SMILES string of the molecule is CS(=O)(=O)Nc1ccc2c(c1)C(=O)CC1(CCN(CCOCCN)CC1)O2. The van der Waals surface area contributed by atoms with Crippen LogP contribution in [-0.4, -0.2) is 70.4 Å². The lowest BCUT2D eigenvalue weighted by Crippen LogP contribution is -2.51. The molecule has 27 heavy (non-hydrogen) atoms. The van der Waals surface area contributed by atoms with E-state index in [1.807, 2.05) is 0 Å². The van der Waals surface area contributed by atoms with Gasteiger partial charge in [0.1, 0.15) is 11.4 Å². The van der Waals surface area contributed by atoms with Crippen molar-refractivity contribution in [3.05, 3.63) is 23.8 Å². The van der Waals surface area contributed by atoms with Crippen molar-refractivity contribution in [1.82, 2.24) is 4.90 Å². The molecule has 0 unspecified atom stereocenters. The molecule has 1 fully saturated rings. The standard InChI is InChI=1S/C18H27N3O5S/c1-27(23,24)20-14-2-3-17-15(12-14)16(22)13-18(26-17)4-7-21(8-5-18)9-11-25-10-6-19/h2-3,12,20H,4-11,13,19H2,1H3. The summed E-state index contributed by atoms with van der Waals surface area (Å²) in [5.74, 6) is 0.526. The average molecular weight is 397 g/mol. The van der Waals surface area contributed by atoms with Crippen molar-refractivity contribution in [3.8, 4) is 5.75 Å². The first-order chi connectivity index (χ1) is 12.8. The van der Waals surface area contributed by atoms with Gasteiger partial charge in [0.05, 0.1) is 31.5 Å². The maximum atomic E-state index is 12.7. The summed E-state index contributed by atoms with van der Waals surface area (Å²) >= 11 is 0. The number of Topliss-reactive ketones (excluding diaryl/α,β-unsaturated/α-hetero) is 1. The van der Waals surface area contributed by atoms with E-state index in [0.29, 0.717) is 43.2 Å². The van der Waals surface area contributed by atoms with E-state index >= 15 is 0 Å². The number of nitrogens with one attached hydrogen (secondary N) is 1. The molecule has 0 bridgehead atoms. The molecular weight excluding hydrogens is 370 g/mol. The number of ether oxygens (including phenoxy) is 2. The minimum Gasteiger partial charge on any atom is -0.486 e. The van der Waals surface area contributed by atoms with E-state index in [-0.39, 0.29) is 5.78 Å². The van der Waals surface area contributed by atoms with E-state index in [4.69, 9.17) is 15.2 Å². The molecule has 0 amide bonds. The lowest BCUT2D eigenvalue weighted by molar-refractivity contribution is -0.0146. The summed E-state index contributed by atoms with van der Waals surface area (Å²) in [5, 5.41) is 0. The largest absolute Gasteiger partial charge is 0.486 e. The predicted molar refractivity (Wildman–Crippen MR) is 103 cm³/mol. The van der Waals surface area contributed by atoms with E-state index in [1.165, 1.54) is 0 Å². The van der Waals surface area contributed by atoms with Crippen LogP contribution in [-0.2, 0) is 14.8 Å². The molecule has 2 heterocycles. The van der Waals surface area contributed by atoms with E-state index < -0.39 is 15.6 Å². The molecule has 0 aliphatic carbocycles. The molecule has 1 saturated heterocycles. The van der Waals surface area contributed by atoms with Crippen molar-refractivity contribution in [3.63, 3.8) is 0 Å². The molecule has 0 aromatic heterocycles. The van der Waals surface area contributed by atoms with Crippen LogP contribution in [0.4, 0.5) is 5.69 Å². The quantitative estimate of drug-likeness (QED) is 0.656. The summed E-state index contributed by atoms with van der Waals surface area (Å²) in [6.07, 6.45) is 2.95. The van der Waals surface area contributed by atoms with Crippen LogP contribution in [0, 0.1) is 0 Å². The third-order valence-electron chi connectivity index (χ3n) is 4.97. The maximum Gasteiger partial charge on any atom is 0.229 e. The predicted octanol–water partition coefficient (Wildman–Crippen LogP) is 0.833. The number of anilines is 1. The zero-order valence-electron chi connectivity index (χ0n) is 15.6. The van der Waals surface area contributed by atoms with Crippen LogP contribution in [0.1, 0.15) is 29.6 Å². The number of rotatable bonds is 7. The molecule has 1 aromatic rings. The third kappa shape index (κ3) is 5.19. The normalized spacial score (nSPS) is 19.6. The minimum atomic E-state index is -3.39. The maximum absolute atomic E-state index is 12.7. The van der Waals surface area contributed by atoms with Gasteiger partial charge in [-0.05, 0) is 18.2 Å². The highest BCUT2D eigenvalue weighted by atomic mass is 32.2. The number of piperidine rings is 1. The zero-order valence-corrected chi connectivity index (χ0v) is 16.4. The van der Waals surface area contributed by atoms with Crippen molar-refractivity contribution in [2.45, 2.75) is 24.9 Å². The lowest BCUT2D eigenvalue weighted by atomic mass is 9.82. The van der Waals surface area contributed by atoms with Crippen LogP contribution in [0.15, 0.2) is 18.2 Å². The van der Waals surface area contributed by atoms with Crippen LogP contribution in [0.5, 0.6) is 5.75 Å². The molecule has 9 heteroatoms. The highest BCUT2D eigenvalue weighted by molar-refractivity contribution is 7.92. The van der Waals surface area contributed by atoms with E-state index in [1.54, 1.807) is 18.2 Å². The number of benzene rings is 1. The number of ketones is 1. The molecule has 150 valence electrons. The second kappa shape index (κ2) is 8.14. The summed E-state index contributed by atoms with van der Waals surface area (Å²) in [6.45, 7) is 4.30. The molecule has 0 saturated carbocycles. The Morgan fingerprint density at radius 3 is 2.70 bits per heavy atom. The monoisotopic (exact) mass is 397 g/mol. The van der Waals surface area contributed by atoms with Crippen molar-refractivity contribution in [2.75, 3.05) is 50.4 Å². The molecule has 1 spiro atoms. The van der Waals surface area contributed by atoms with Crippen LogP contribution in [0.3, 0.4) is 0 Å². The number of hydrogen-bond donors (Lipinski definition) is 2. The zero-order chi connectivity index (χ0) is 19.5.